The van der Waals surface area contributed by atoms with Gasteiger partial charge in [0.05, 0.1) is 27.6 Å². The van der Waals surface area contributed by atoms with E-state index in [2.05, 4.69) is 9.97 Å². The molecule has 1 fully saturated rings. The van der Waals surface area contributed by atoms with Crippen molar-refractivity contribution < 1.29 is 18.0 Å². The molecule has 1 aliphatic rings. The van der Waals surface area contributed by atoms with Crippen LogP contribution in [-0.2, 0) is 11.0 Å². The molecule has 1 atom stereocenters. The average molecular weight is 449 g/mol. The summed E-state index contributed by atoms with van der Waals surface area (Å²) in [5.74, 6) is 1.21. The van der Waals surface area contributed by atoms with Crippen LogP contribution in [0.25, 0.3) is 11.0 Å². The van der Waals surface area contributed by atoms with Crippen molar-refractivity contribution >= 4 is 34.4 Å². The van der Waals surface area contributed by atoms with E-state index in [-0.39, 0.29) is 11.2 Å². The van der Waals surface area contributed by atoms with E-state index >= 15 is 0 Å². The molecule has 0 aliphatic carbocycles. The van der Waals surface area contributed by atoms with Gasteiger partial charge in [-0.25, -0.2) is 4.98 Å². The first kappa shape index (κ1) is 21.5. The molecule has 5 nitrogen and oxygen atoms in total. The third kappa shape index (κ3) is 4.98. The lowest BCUT2D eigenvalue weighted by Crippen LogP contribution is -2.49. The number of hydrogen-bond donors (Lipinski definition) is 1. The summed E-state index contributed by atoms with van der Waals surface area (Å²) in [7, 11) is 0. The zero-order valence-electron chi connectivity index (χ0n) is 17.0. The third-order valence-corrected chi connectivity index (χ3v) is 6.56. The molecular formula is C22H23F3N4OS. The first-order valence-corrected chi connectivity index (χ1v) is 11.1. The van der Waals surface area contributed by atoms with Crippen LogP contribution in [0.4, 0.5) is 18.9 Å². The maximum Gasteiger partial charge on any atom is 0.416 e. The number of aromatic amines is 1. The van der Waals surface area contributed by atoms with Crippen LogP contribution >= 0.6 is 11.8 Å². The summed E-state index contributed by atoms with van der Waals surface area (Å²) in [6.07, 6.45) is -4.36. The molecule has 0 saturated carbocycles. The van der Waals surface area contributed by atoms with Crippen molar-refractivity contribution in [2.24, 2.45) is 0 Å². The summed E-state index contributed by atoms with van der Waals surface area (Å²) >= 11 is 1.52. The number of halogens is 3. The number of carbonyl (C=O) groups excluding carboxylic acids is 1. The molecule has 2 aromatic carbocycles. The van der Waals surface area contributed by atoms with Crippen LogP contribution in [0.1, 0.15) is 23.6 Å². The minimum atomic E-state index is -4.36. The molecule has 9 heteroatoms. The molecule has 3 aromatic rings. The summed E-state index contributed by atoms with van der Waals surface area (Å²) < 4.78 is 38.9. The van der Waals surface area contributed by atoms with E-state index in [0.717, 1.165) is 22.9 Å². The lowest BCUT2D eigenvalue weighted by molar-refractivity contribution is -0.137. The van der Waals surface area contributed by atoms with Crippen LogP contribution in [0, 0.1) is 0 Å². The molecular weight excluding hydrogens is 425 g/mol. The predicted molar refractivity (Wildman–Crippen MR) is 117 cm³/mol. The van der Waals surface area contributed by atoms with E-state index in [4.69, 9.17) is 0 Å². The number of para-hydroxylation sites is 2. The number of H-pyrrole nitrogens is 1. The zero-order valence-corrected chi connectivity index (χ0v) is 17.8. The van der Waals surface area contributed by atoms with Crippen LogP contribution in [0.2, 0.25) is 0 Å². The van der Waals surface area contributed by atoms with Crippen LogP contribution < -0.4 is 4.90 Å². The van der Waals surface area contributed by atoms with Crippen molar-refractivity contribution in [1.82, 2.24) is 14.9 Å². The second-order valence-electron chi connectivity index (χ2n) is 7.51. The maximum atomic E-state index is 13.0. The lowest BCUT2D eigenvalue weighted by Gasteiger charge is -2.36. The number of carbonyl (C=O) groups is 1. The fraction of sp³-hybridized carbons (Fsp3) is 0.364. The Morgan fingerprint density at radius 1 is 1.13 bits per heavy atom. The number of nitrogens with zero attached hydrogens (tertiary/aromatic N) is 3. The number of piperazine rings is 1. The van der Waals surface area contributed by atoms with Gasteiger partial charge in [-0.15, -0.1) is 11.8 Å². The van der Waals surface area contributed by atoms with Crippen molar-refractivity contribution in [3.05, 3.63) is 59.9 Å². The molecule has 31 heavy (non-hydrogen) atoms. The van der Waals surface area contributed by atoms with Crippen LogP contribution in [0.15, 0.2) is 48.5 Å². The minimum Gasteiger partial charge on any atom is -0.368 e. The largest absolute Gasteiger partial charge is 0.416 e. The summed E-state index contributed by atoms with van der Waals surface area (Å²) in [6, 6.07) is 13.1. The van der Waals surface area contributed by atoms with Gasteiger partial charge in [0.2, 0.25) is 5.91 Å². The molecule has 4 rings (SSSR count). The van der Waals surface area contributed by atoms with E-state index < -0.39 is 11.7 Å². The Labute approximate surface area is 182 Å². The van der Waals surface area contributed by atoms with Crippen molar-refractivity contribution in [1.29, 1.82) is 0 Å². The van der Waals surface area contributed by atoms with Gasteiger partial charge in [0, 0.05) is 31.9 Å². The molecule has 1 saturated heterocycles. The van der Waals surface area contributed by atoms with Crippen molar-refractivity contribution in [2.45, 2.75) is 18.3 Å². The number of thioether (sulfide) groups is 1. The number of alkyl halides is 3. The van der Waals surface area contributed by atoms with E-state index in [9.17, 15) is 18.0 Å². The van der Waals surface area contributed by atoms with Gasteiger partial charge in [0.15, 0.2) is 0 Å². The van der Waals surface area contributed by atoms with Crippen molar-refractivity contribution in [3.8, 4) is 0 Å². The monoisotopic (exact) mass is 448 g/mol. The summed E-state index contributed by atoms with van der Waals surface area (Å²) in [5.41, 5.74) is 1.76. The first-order valence-electron chi connectivity index (χ1n) is 10.1. The lowest BCUT2D eigenvalue weighted by atomic mass is 10.1. The summed E-state index contributed by atoms with van der Waals surface area (Å²) in [4.78, 5) is 24.2. The number of anilines is 1. The number of benzene rings is 2. The average Bonchev–Trinajstić information content (AvgIpc) is 3.21. The number of amides is 1. The maximum absolute atomic E-state index is 13.0. The van der Waals surface area contributed by atoms with E-state index in [1.807, 2.05) is 36.1 Å². The van der Waals surface area contributed by atoms with Gasteiger partial charge in [-0.3, -0.25) is 4.79 Å². The number of hydrogen-bond acceptors (Lipinski definition) is 4. The van der Waals surface area contributed by atoms with Crippen LogP contribution in [-0.4, -0.2) is 52.7 Å². The van der Waals surface area contributed by atoms with Gasteiger partial charge in [0.1, 0.15) is 5.82 Å². The Hall–Kier alpha value is -2.68. The molecule has 1 N–H and O–H groups in total. The van der Waals surface area contributed by atoms with Gasteiger partial charge in [-0.2, -0.15) is 13.2 Å². The number of aromatic nitrogens is 2. The van der Waals surface area contributed by atoms with Crippen molar-refractivity contribution in [2.75, 3.05) is 36.8 Å². The highest BCUT2D eigenvalue weighted by molar-refractivity contribution is 8.00. The highest BCUT2D eigenvalue weighted by Crippen LogP contribution is 2.32. The fourth-order valence-electron chi connectivity index (χ4n) is 3.62. The molecule has 1 unspecified atom stereocenters. The minimum absolute atomic E-state index is 0.0386. The molecule has 1 aliphatic heterocycles. The van der Waals surface area contributed by atoms with E-state index in [1.54, 1.807) is 11.0 Å². The predicted octanol–water partition coefficient (Wildman–Crippen LogP) is 4.72. The highest BCUT2D eigenvalue weighted by Gasteiger charge is 2.31. The standard InChI is InChI=1S/C22H23F3N4OS/c1-15(21-26-18-7-2-3-8-19(18)27-21)31-14-20(30)29-11-9-28(10-12-29)17-6-4-5-16(13-17)22(23,24)25/h2-8,13,15H,9-12,14H2,1H3,(H,26,27). The quantitative estimate of drug-likeness (QED) is 0.614. The summed E-state index contributed by atoms with van der Waals surface area (Å²) in [5, 5.41) is 0.0442. The highest BCUT2D eigenvalue weighted by atomic mass is 32.2. The molecule has 2 heterocycles. The van der Waals surface area contributed by atoms with Gasteiger partial charge in [-0.05, 0) is 37.3 Å². The Bertz CT molecular complexity index is 1030. The van der Waals surface area contributed by atoms with E-state index in [1.165, 1.54) is 23.9 Å². The number of rotatable bonds is 5. The number of fused-ring (bicyclic) bond motifs is 1. The topological polar surface area (TPSA) is 52.2 Å². The SMILES string of the molecule is CC(SCC(=O)N1CCN(c2cccc(C(F)(F)F)c2)CC1)c1nc2ccccc2[nH]1. The summed E-state index contributed by atoms with van der Waals surface area (Å²) in [6.45, 7) is 4.03. The van der Waals surface area contributed by atoms with Gasteiger partial charge in [0.25, 0.3) is 0 Å². The smallest absolute Gasteiger partial charge is 0.368 e. The van der Waals surface area contributed by atoms with Crippen LogP contribution in [0.3, 0.4) is 0 Å². The van der Waals surface area contributed by atoms with Gasteiger partial charge in [-0.1, -0.05) is 18.2 Å². The molecule has 1 amide bonds. The number of imidazole rings is 1. The number of nitrogens with one attached hydrogen (secondary N) is 1. The third-order valence-electron chi connectivity index (χ3n) is 5.42. The van der Waals surface area contributed by atoms with Crippen LogP contribution in [0.5, 0.6) is 0 Å². The Balaban J connectivity index is 1.29. The Kier molecular flexibility index (Phi) is 6.13. The van der Waals surface area contributed by atoms with Crippen molar-refractivity contribution in [3.63, 3.8) is 0 Å². The molecule has 0 radical (unpaired) electrons. The second kappa shape index (κ2) is 8.82. The zero-order chi connectivity index (χ0) is 22.0. The fourth-order valence-corrected chi connectivity index (χ4v) is 4.47. The molecule has 0 bridgehead atoms. The molecule has 164 valence electrons. The van der Waals surface area contributed by atoms with E-state index in [0.29, 0.717) is 37.6 Å². The second-order valence-corrected chi connectivity index (χ2v) is 8.84. The normalized spacial score (nSPS) is 16.0. The Morgan fingerprint density at radius 2 is 1.87 bits per heavy atom. The Morgan fingerprint density at radius 3 is 2.58 bits per heavy atom. The first-order chi connectivity index (χ1) is 14.8. The molecule has 0 spiro atoms. The van der Waals surface area contributed by atoms with Gasteiger partial charge < -0.3 is 14.8 Å². The molecule has 1 aromatic heterocycles. The van der Waals surface area contributed by atoms with Gasteiger partial charge >= 0.3 is 6.18 Å².